The van der Waals surface area contributed by atoms with Crippen LogP contribution in [0.15, 0.2) is 29.3 Å². The van der Waals surface area contributed by atoms with Crippen LogP contribution in [0.2, 0.25) is 0 Å². The minimum absolute atomic E-state index is 0.757. The molecule has 0 amide bonds. The molecule has 0 unspecified atom stereocenters. The first-order chi connectivity index (χ1) is 8.65. The molecule has 0 aliphatic carbocycles. The summed E-state index contributed by atoms with van der Waals surface area (Å²) < 4.78 is 10.7. The number of ether oxygens (including phenoxy) is 2. The lowest BCUT2D eigenvalue weighted by molar-refractivity contribution is 0.354. The predicted molar refractivity (Wildman–Crippen MR) is 74.1 cm³/mol. The number of nitrogens with zero attached hydrogens (tertiary/aromatic N) is 1. The number of hydrogen-bond acceptors (Lipinski definition) is 3. The first-order valence-corrected chi connectivity index (χ1v) is 6.08. The number of hydrogen-bond donors (Lipinski definition) is 0. The minimum atomic E-state index is 0.757. The number of methoxy groups -OCH3 is 2. The molecule has 3 heteroatoms. The molecule has 0 bridgehead atoms. The largest absolute Gasteiger partial charge is 0.493 e. The predicted octanol–water partition coefficient (Wildman–Crippen LogP) is 3.02. The van der Waals surface area contributed by atoms with Gasteiger partial charge in [0.15, 0.2) is 11.5 Å². The van der Waals surface area contributed by atoms with Crippen molar-refractivity contribution >= 4 is 5.71 Å². The number of aliphatic imine (C=N–C) groups is 1. The first-order valence-electron chi connectivity index (χ1n) is 6.08. The average Bonchev–Trinajstić information content (AvgIpc) is 2.37. The highest BCUT2D eigenvalue weighted by molar-refractivity contribution is 6.04. The summed E-state index contributed by atoms with van der Waals surface area (Å²) >= 11 is 0. The van der Waals surface area contributed by atoms with Crippen molar-refractivity contribution in [1.82, 2.24) is 0 Å². The lowest BCUT2D eigenvalue weighted by atomic mass is 9.93. The number of allylic oxidation sites excluding steroid dienone is 1. The highest BCUT2D eigenvalue weighted by Crippen LogP contribution is 2.33. The van der Waals surface area contributed by atoms with Gasteiger partial charge in [0.1, 0.15) is 0 Å². The van der Waals surface area contributed by atoms with E-state index in [1.165, 1.54) is 11.1 Å². The molecule has 0 saturated heterocycles. The zero-order valence-corrected chi connectivity index (χ0v) is 11.2. The van der Waals surface area contributed by atoms with E-state index < -0.39 is 0 Å². The molecule has 2 rings (SSSR count). The molecule has 0 radical (unpaired) electrons. The Morgan fingerprint density at radius 1 is 1.28 bits per heavy atom. The SMILES string of the molecule is C=C(C)CC1=NCCc2cc(OC)c(OC)cc21. The van der Waals surface area contributed by atoms with Crippen molar-refractivity contribution in [3.63, 3.8) is 0 Å². The summed E-state index contributed by atoms with van der Waals surface area (Å²) in [5.41, 5.74) is 4.67. The second kappa shape index (κ2) is 5.25. The Bertz CT molecular complexity index is 503. The summed E-state index contributed by atoms with van der Waals surface area (Å²) in [4.78, 5) is 4.60. The topological polar surface area (TPSA) is 30.8 Å². The Morgan fingerprint density at radius 2 is 1.94 bits per heavy atom. The van der Waals surface area contributed by atoms with Crippen LogP contribution in [0.5, 0.6) is 11.5 Å². The van der Waals surface area contributed by atoms with Crippen LogP contribution < -0.4 is 9.47 Å². The Morgan fingerprint density at radius 3 is 2.56 bits per heavy atom. The van der Waals surface area contributed by atoms with Crippen LogP contribution in [-0.2, 0) is 6.42 Å². The molecule has 1 aliphatic heterocycles. The second-order valence-corrected chi connectivity index (χ2v) is 4.58. The van der Waals surface area contributed by atoms with Gasteiger partial charge in [-0.1, -0.05) is 12.2 Å². The monoisotopic (exact) mass is 245 g/mol. The summed E-state index contributed by atoms with van der Waals surface area (Å²) in [6.07, 6.45) is 1.78. The maximum Gasteiger partial charge on any atom is 0.161 e. The lowest BCUT2D eigenvalue weighted by Gasteiger charge is -2.19. The van der Waals surface area contributed by atoms with Gasteiger partial charge in [-0.05, 0) is 31.0 Å². The van der Waals surface area contributed by atoms with Gasteiger partial charge in [0.25, 0.3) is 0 Å². The third kappa shape index (κ3) is 2.40. The third-order valence-electron chi connectivity index (χ3n) is 3.07. The summed E-state index contributed by atoms with van der Waals surface area (Å²) in [7, 11) is 3.32. The number of fused-ring (bicyclic) bond motifs is 1. The fourth-order valence-corrected chi connectivity index (χ4v) is 2.23. The van der Waals surface area contributed by atoms with E-state index >= 15 is 0 Å². The van der Waals surface area contributed by atoms with Crippen molar-refractivity contribution in [2.24, 2.45) is 4.99 Å². The second-order valence-electron chi connectivity index (χ2n) is 4.58. The zero-order chi connectivity index (χ0) is 13.1. The molecule has 0 aromatic heterocycles. The van der Waals surface area contributed by atoms with Gasteiger partial charge >= 0.3 is 0 Å². The standard InChI is InChI=1S/C15H19NO2/c1-10(2)7-13-12-9-15(18-4)14(17-3)8-11(12)5-6-16-13/h8-9H,1,5-7H2,2-4H3. The van der Waals surface area contributed by atoms with Gasteiger partial charge in [-0.15, -0.1) is 0 Å². The average molecular weight is 245 g/mol. The van der Waals surface area contributed by atoms with Crippen LogP contribution in [0.3, 0.4) is 0 Å². The maximum absolute atomic E-state index is 5.35. The molecular weight excluding hydrogens is 226 g/mol. The highest BCUT2D eigenvalue weighted by Gasteiger charge is 2.18. The molecule has 0 fully saturated rings. The highest BCUT2D eigenvalue weighted by atomic mass is 16.5. The Labute approximate surface area is 108 Å². The van der Waals surface area contributed by atoms with E-state index in [2.05, 4.69) is 17.6 Å². The Kier molecular flexibility index (Phi) is 3.70. The zero-order valence-electron chi connectivity index (χ0n) is 11.2. The van der Waals surface area contributed by atoms with Crippen LogP contribution in [0.4, 0.5) is 0 Å². The molecule has 1 aromatic carbocycles. The Hall–Kier alpha value is -1.77. The van der Waals surface area contributed by atoms with Crippen molar-refractivity contribution in [1.29, 1.82) is 0 Å². The van der Waals surface area contributed by atoms with E-state index in [1.807, 2.05) is 13.0 Å². The van der Waals surface area contributed by atoms with E-state index in [4.69, 9.17) is 9.47 Å². The van der Waals surface area contributed by atoms with Gasteiger partial charge < -0.3 is 9.47 Å². The summed E-state index contributed by atoms with van der Waals surface area (Å²) in [5, 5.41) is 0. The molecule has 0 saturated carbocycles. The lowest BCUT2D eigenvalue weighted by Crippen LogP contribution is -2.14. The van der Waals surface area contributed by atoms with Crippen molar-refractivity contribution in [3.05, 3.63) is 35.4 Å². The molecule has 0 atom stereocenters. The van der Waals surface area contributed by atoms with Crippen molar-refractivity contribution in [2.45, 2.75) is 19.8 Å². The smallest absolute Gasteiger partial charge is 0.161 e. The van der Waals surface area contributed by atoms with E-state index in [0.717, 1.165) is 42.2 Å². The summed E-state index contributed by atoms with van der Waals surface area (Å²) in [6, 6.07) is 4.08. The quantitative estimate of drug-likeness (QED) is 0.763. The van der Waals surface area contributed by atoms with Crippen molar-refractivity contribution in [3.8, 4) is 11.5 Å². The van der Waals surface area contributed by atoms with E-state index in [9.17, 15) is 0 Å². The van der Waals surface area contributed by atoms with E-state index in [-0.39, 0.29) is 0 Å². The molecule has 0 N–H and O–H groups in total. The van der Waals surface area contributed by atoms with Crippen LogP contribution in [-0.4, -0.2) is 26.5 Å². The summed E-state index contributed by atoms with van der Waals surface area (Å²) in [5.74, 6) is 1.54. The fourth-order valence-electron chi connectivity index (χ4n) is 2.23. The van der Waals surface area contributed by atoms with Crippen LogP contribution in [0.25, 0.3) is 0 Å². The summed E-state index contributed by atoms with van der Waals surface area (Å²) in [6.45, 7) is 6.83. The maximum atomic E-state index is 5.35. The fraction of sp³-hybridized carbons (Fsp3) is 0.400. The van der Waals surface area contributed by atoms with Gasteiger partial charge in [-0.2, -0.15) is 0 Å². The van der Waals surface area contributed by atoms with Crippen molar-refractivity contribution < 1.29 is 9.47 Å². The van der Waals surface area contributed by atoms with Gasteiger partial charge in [0.05, 0.1) is 14.2 Å². The van der Waals surface area contributed by atoms with Crippen LogP contribution in [0, 0.1) is 0 Å². The molecule has 3 nitrogen and oxygen atoms in total. The van der Waals surface area contributed by atoms with Crippen LogP contribution >= 0.6 is 0 Å². The molecule has 1 aromatic rings. The molecule has 0 spiro atoms. The molecule has 1 aliphatic rings. The first kappa shape index (κ1) is 12.7. The van der Waals surface area contributed by atoms with Crippen molar-refractivity contribution in [2.75, 3.05) is 20.8 Å². The number of rotatable bonds is 4. The molecule has 18 heavy (non-hydrogen) atoms. The molecule has 96 valence electrons. The van der Waals surface area contributed by atoms with Gasteiger partial charge in [-0.3, -0.25) is 4.99 Å². The van der Waals surface area contributed by atoms with Crippen LogP contribution in [0.1, 0.15) is 24.5 Å². The Balaban J connectivity index is 2.46. The van der Waals surface area contributed by atoms with E-state index in [0.29, 0.717) is 0 Å². The van der Waals surface area contributed by atoms with Gasteiger partial charge in [0, 0.05) is 24.2 Å². The van der Waals surface area contributed by atoms with Gasteiger partial charge in [-0.25, -0.2) is 0 Å². The molecule has 1 heterocycles. The molecular formula is C15H19NO2. The third-order valence-corrected chi connectivity index (χ3v) is 3.07. The normalized spacial score (nSPS) is 13.6. The minimum Gasteiger partial charge on any atom is -0.493 e. The van der Waals surface area contributed by atoms with E-state index in [1.54, 1.807) is 14.2 Å². The number of benzene rings is 1. The van der Waals surface area contributed by atoms with Gasteiger partial charge in [0.2, 0.25) is 0 Å².